The molecule has 9 heteroatoms. The second-order valence-corrected chi connectivity index (χ2v) is 6.48. The molecule has 1 heterocycles. The summed E-state index contributed by atoms with van der Waals surface area (Å²) < 4.78 is 38.5. The molecule has 0 radical (unpaired) electrons. The molecule has 1 aromatic carbocycles. The molecule has 1 fully saturated rings. The standard InChI is InChI=1S/C18H22F3N3O3/c1-12(25)22-7-8-23-17(27)14-5-6-16(26)24(11-14)10-13-3-2-4-15(9-13)18(19,20)21/h2-4,9,14H,5-8,10-11H2,1H3,(H,22,25)(H,23,27). The predicted octanol–water partition coefficient (Wildman–Crippen LogP) is 1.70. The van der Waals surface area contributed by atoms with E-state index in [1.807, 2.05) is 0 Å². The van der Waals surface area contributed by atoms with Crippen molar-refractivity contribution < 1.29 is 27.6 Å². The number of carbonyl (C=O) groups excluding carboxylic acids is 3. The summed E-state index contributed by atoms with van der Waals surface area (Å²) in [6, 6.07) is 4.83. The Morgan fingerprint density at radius 1 is 1.22 bits per heavy atom. The van der Waals surface area contributed by atoms with E-state index in [9.17, 15) is 27.6 Å². The van der Waals surface area contributed by atoms with Crippen molar-refractivity contribution in [3.8, 4) is 0 Å². The first-order valence-electron chi connectivity index (χ1n) is 8.63. The number of amides is 3. The topological polar surface area (TPSA) is 78.5 Å². The molecule has 1 aromatic rings. The average molecular weight is 385 g/mol. The SMILES string of the molecule is CC(=O)NCCNC(=O)C1CCC(=O)N(Cc2cccc(C(F)(F)F)c2)C1. The Balaban J connectivity index is 1.94. The number of alkyl halides is 3. The molecule has 1 atom stereocenters. The minimum absolute atomic E-state index is 0.0262. The van der Waals surface area contributed by atoms with Crippen LogP contribution in [-0.2, 0) is 27.1 Å². The van der Waals surface area contributed by atoms with Crippen LogP contribution < -0.4 is 10.6 Å². The van der Waals surface area contributed by atoms with Crippen molar-refractivity contribution in [2.45, 2.75) is 32.5 Å². The van der Waals surface area contributed by atoms with Gasteiger partial charge in [-0.1, -0.05) is 12.1 Å². The first-order chi connectivity index (χ1) is 12.7. The summed E-state index contributed by atoms with van der Waals surface area (Å²) in [7, 11) is 0. The number of carbonyl (C=O) groups is 3. The number of hydrogen-bond donors (Lipinski definition) is 2. The maximum Gasteiger partial charge on any atom is 0.416 e. The van der Waals surface area contributed by atoms with Crippen molar-refractivity contribution in [2.75, 3.05) is 19.6 Å². The lowest BCUT2D eigenvalue weighted by atomic mass is 9.96. The van der Waals surface area contributed by atoms with E-state index in [4.69, 9.17) is 0 Å². The molecular formula is C18H22F3N3O3. The van der Waals surface area contributed by atoms with Gasteiger partial charge < -0.3 is 15.5 Å². The molecular weight excluding hydrogens is 363 g/mol. The molecule has 1 aliphatic heterocycles. The van der Waals surface area contributed by atoms with Crippen LogP contribution in [0.5, 0.6) is 0 Å². The maximum atomic E-state index is 12.8. The molecule has 1 unspecified atom stereocenters. The van der Waals surface area contributed by atoms with Crippen LogP contribution in [-0.4, -0.2) is 42.3 Å². The van der Waals surface area contributed by atoms with Gasteiger partial charge in [0.15, 0.2) is 0 Å². The zero-order valence-electron chi connectivity index (χ0n) is 14.9. The summed E-state index contributed by atoms with van der Waals surface area (Å²) >= 11 is 0. The minimum Gasteiger partial charge on any atom is -0.355 e. The Labute approximate surface area is 155 Å². The lowest BCUT2D eigenvalue weighted by molar-refractivity contribution is -0.139. The van der Waals surface area contributed by atoms with Crippen molar-refractivity contribution in [3.63, 3.8) is 0 Å². The predicted molar refractivity (Wildman–Crippen MR) is 91.3 cm³/mol. The number of halogens is 3. The van der Waals surface area contributed by atoms with Crippen molar-refractivity contribution in [1.82, 2.24) is 15.5 Å². The smallest absolute Gasteiger partial charge is 0.355 e. The van der Waals surface area contributed by atoms with Crippen molar-refractivity contribution in [2.24, 2.45) is 5.92 Å². The largest absolute Gasteiger partial charge is 0.416 e. The van der Waals surface area contributed by atoms with Crippen LogP contribution in [0.1, 0.15) is 30.9 Å². The Kier molecular flexibility index (Phi) is 6.81. The monoisotopic (exact) mass is 385 g/mol. The summed E-state index contributed by atoms with van der Waals surface area (Å²) in [5.41, 5.74) is -0.401. The third kappa shape index (κ3) is 6.26. The van der Waals surface area contributed by atoms with Crippen LogP contribution in [0.15, 0.2) is 24.3 Å². The molecule has 1 saturated heterocycles. The van der Waals surface area contributed by atoms with E-state index in [-0.39, 0.29) is 43.8 Å². The molecule has 0 spiro atoms. The summed E-state index contributed by atoms with van der Waals surface area (Å²) in [6.45, 7) is 2.14. The van der Waals surface area contributed by atoms with Crippen LogP contribution in [0.25, 0.3) is 0 Å². The summed E-state index contributed by atoms with van der Waals surface area (Å²) in [4.78, 5) is 36.5. The lowest BCUT2D eigenvalue weighted by Gasteiger charge is -2.32. The highest BCUT2D eigenvalue weighted by molar-refractivity contribution is 5.83. The van der Waals surface area contributed by atoms with E-state index in [2.05, 4.69) is 10.6 Å². The van der Waals surface area contributed by atoms with Gasteiger partial charge in [0.2, 0.25) is 17.7 Å². The van der Waals surface area contributed by atoms with Gasteiger partial charge in [-0.15, -0.1) is 0 Å². The fourth-order valence-electron chi connectivity index (χ4n) is 2.92. The Morgan fingerprint density at radius 3 is 2.59 bits per heavy atom. The Morgan fingerprint density at radius 2 is 1.93 bits per heavy atom. The molecule has 0 saturated carbocycles. The van der Waals surface area contributed by atoms with E-state index in [0.29, 0.717) is 18.5 Å². The number of nitrogens with zero attached hydrogens (tertiary/aromatic N) is 1. The molecule has 2 rings (SSSR count). The van der Waals surface area contributed by atoms with E-state index < -0.39 is 17.7 Å². The highest BCUT2D eigenvalue weighted by Crippen LogP contribution is 2.30. The first kappa shape index (κ1) is 20.7. The third-order valence-corrected chi connectivity index (χ3v) is 4.30. The second-order valence-electron chi connectivity index (χ2n) is 6.48. The van der Waals surface area contributed by atoms with Gasteiger partial charge in [0.1, 0.15) is 0 Å². The van der Waals surface area contributed by atoms with Gasteiger partial charge in [0.05, 0.1) is 11.5 Å². The highest BCUT2D eigenvalue weighted by atomic mass is 19.4. The fraction of sp³-hybridized carbons (Fsp3) is 0.500. The van der Waals surface area contributed by atoms with Crippen LogP contribution in [0.3, 0.4) is 0 Å². The lowest BCUT2D eigenvalue weighted by Crippen LogP contribution is -2.46. The molecule has 0 aliphatic carbocycles. The van der Waals surface area contributed by atoms with Gasteiger partial charge in [-0.3, -0.25) is 14.4 Å². The number of hydrogen-bond acceptors (Lipinski definition) is 3. The second kappa shape index (κ2) is 8.88. The first-order valence-corrected chi connectivity index (χ1v) is 8.63. The van der Waals surface area contributed by atoms with Gasteiger partial charge in [-0.2, -0.15) is 13.2 Å². The highest BCUT2D eigenvalue weighted by Gasteiger charge is 2.32. The number of rotatable bonds is 6. The average Bonchev–Trinajstić information content (AvgIpc) is 2.60. The van der Waals surface area contributed by atoms with Crippen LogP contribution in [0.2, 0.25) is 0 Å². The third-order valence-electron chi connectivity index (χ3n) is 4.30. The quantitative estimate of drug-likeness (QED) is 0.732. The molecule has 0 bridgehead atoms. The molecule has 2 N–H and O–H groups in total. The Bertz CT molecular complexity index is 707. The van der Waals surface area contributed by atoms with E-state index in [0.717, 1.165) is 12.1 Å². The molecule has 148 valence electrons. The molecule has 6 nitrogen and oxygen atoms in total. The zero-order chi connectivity index (χ0) is 20.0. The number of piperidine rings is 1. The van der Waals surface area contributed by atoms with Gasteiger partial charge >= 0.3 is 6.18 Å². The minimum atomic E-state index is -4.45. The number of nitrogens with one attached hydrogen (secondary N) is 2. The number of likely N-dealkylation sites (tertiary alicyclic amines) is 1. The normalized spacial score (nSPS) is 17.6. The maximum absolute atomic E-state index is 12.8. The van der Waals surface area contributed by atoms with Crippen LogP contribution in [0.4, 0.5) is 13.2 Å². The fourth-order valence-corrected chi connectivity index (χ4v) is 2.92. The van der Waals surface area contributed by atoms with E-state index >= 15 is 0 Å². The van der Waals surface area contributed by atoms with Crippen molar-refractivity contribution in [1.29, 1.82) is 0 Å². The van der Waals surface area contributed by atoms with Gasteiger partial charge in [0, 0.05) is 39.5 Å². The summed E-state index contributed by atoms with van der Waals surface area (Å²) in [6.07, 6.45) is -3.88. The Hall–Kier alpha value is -2.58. The van der Waals surface area contributed by atoms with Crippen molar-refractivity contribution >= 4 is 17.7 Å². The summed E-state index contributed by atoms with van der Waals surface area (Å²) in [5, 5.41) is 5.26. The van der Waals surface area contributed by atoms with Crippen LogP contribution >= 0.6 is 0 Å². The van der Waals surface area contributed by atoms with E-state index in [1.165, 1.54) is 24.0 Å². The van der Waals surface area contributed by atoms with Crippen LogP contribution in [0, 0.1) is 5.92 Å². The molecule has 27 heavy (non-hydrogen) atoms. The van der Waals surface area contributed by atoms with Gasteiger partial charge in [-0.25, -0.2) is 0 Å². The number of benzene rings is 1. The summed E-state index contributed by atoms with van der Waals surface area (Å²) in [5.74, 6) is -1.04. The van der Waals surface area contributed by atoms with Gasteiger partial charge in [-0.05, 0) is 24.1 Å². The molecule has 3 amide bonds. The molecule has 0 aromatic heterocycles. The molecule has 1 aliphatic rings. The van der Waals surface area contributed by atoms with E-state index in [1.54, 1.807) is 0 Å². The zero-order valence-corrected chi connectivity index (χ0v) is 14.9. The van der Waals surface area contributed by atoms with Gasteiger partial charge in [0.25, 0.3) is 0 Å². The van der Waals surface area contributed by atoms with Crippen molar-refractivity contribution in [3.05, 3.63) is 35.4 Å².